The summed E-state index contributed by atoms with van der Waals surface area (Å²) in [5.74, 6) is 1.13. The zero-order chi connectivity index (χ0) is 21.6. The van der Waals surface area contributed by atoms with Crippen LogP contribution in [0.5, 0.6) is 5.75 Å². The Morgan fingerprint density at radius 2 is 1.71 bits per heavy atom. The second-order valence-electron chi connectivity index (χ2n) is 8.71. The lowest BCUT2D eigenvalue weighted by Crippen LogP contribution is -2.35. The molecule has 164 valence electrons. The van der Waals surface area contributed by atoms with Crippen LogP contribution in [0.15, 0.2) is 41.3 Å². The number of amides is 1. The number of hydrogen-bond donors (Lipinski definition) is 0. The zero-order valence-electron chi connectivity index (χ0n) is 17.8. The summed E-state index contributed by atoms with van der Waals surface area (Å²) in [5.41, 5.74) is 4.10. The van der Waals surface area contributed by atoms with Gasteiger partial charge in [-0.1, -0.05) is 18.6 Å². The van der Waals surface area contributed by atoms with Gasteiger partial charge in [0.2, 0.25) is 15.9 Å². The van der Waals surface area contributed by atoms with Crippen molar-refractivity contribution in [3.05, 3.63) is 53.1 Å². The molecule has 0 N–H and O–H groups in total. The summed E-state index contributed by atoms with van der Waals surface area (Å²) in [6.07, 6.45) is 4.66. The highest BCUT2D eigenvalue weighted by Crippen LogP contribution is 2.39. The topological polar surface area (TPSA) is 66.9 Å². The lowest BCUT2D eigenvalue weighted by Gasteiger charge is -2.27. The van der Waals surface area contributed by atoms with Gasteiger partial charge in [0.05, 0.1) is 17.7 Å². The number of carbonyl (C=O) groups is 1. The number of nitrogens with zero attached hydrogens (tertiary/aromatic N) is 2. The van der Waals surface area contributed by atoms with Crippen molar-refractivity contribution in [2.24, 2.45) is 0 Å². The first-order chi connectivity index (χ1) is 15.0. The van der Waals surface area contributed by atoms with Crippen molar-refractivity contribution >= 4 is 21.6 Å². The summed E-state index contributed by atoms with van der Waals surface area (Å²) >= 11 is 0. The van der Waals surface area contributed by atoms with E-state index in [9.17, 15) is 13.2 Å². The van der Waals surface area contributed by atoms with Gasteiger partial charge in [-0.2, -0.15) is 4.31 Å². The molecule has 1 atom stereocenters. The van der Waals surface area contributed by atoms with Crippen molar-refractivity contribution < 1.29 is 17.9 Å². The zero-order valence-corrected chi connectivity index (χ0v) is 18.7. The lowest BCUT2D eigenvalue weighted by atomic mass is 9.94. The third kappa shape index (κ3) is 3.64. The molecule has 7 heteroatoms. The first-order valence-corrected chi connectivity index (χ1v) is 12.5. The Bertz CT molecular complexity index is 1110. The Hall–Kier alpha value is -2.38. The third-order valence-electron chi connectivity index (χ3n) is 6.88. The van der Waals surface area contributed by atoms with E-state index in [0.717, 1.165) is 53.8 Å². The van der Waals surface area contributed by atoms with E-state index < -0.39 is 10.0 Å². The van der Waals surface area contributed by atoms with Crippen LogP contribution in [0.3, 0.4) is 0 Å². The summed E-state index contributed by atoms with van der Waals surface area (Å²) < 4.78 is 34.3. The molecule has 0 saturated carbocycles. The van der Waals surface area contributed by atoms with Gasteiger partial charge >= 0.3 is 0 Å². The third-order valence-corrected chi connectivity index (χ3v) is 8.73. The van der Waals surface area contributed by atoms with E-state index in [-0.39, 0.29) is 11.8 Å². The van der Waals surface area contributed by atoms with E-state index in [1.807, 2.05) is 35.2 Å². The van der Waals surface area contributed by atoms with Crippen LogP contribution in [0, 0.1) is 0 Å². The Balaban J connectivity index is 1.45. The Morgan fingerprint density at radius 1 is 0.968 bits per heavy atom. The maximum Gasteiger partial charge on any atom is 0.243 e. The minimum Gasteiger partial charge on any atom is -0.497 e. The van der Waals surface area contributed by atoms with Crippen molar-refractivity contribution in [1.29, 1.82) is 0 Å². The van der Waals surface area contributed by atoms with E-state index in [4.69, 9.17) is 4.74 Å². The molecule has 1 unspecified atom stereocenters. The van der Waals surface area contributed by atoms with Crippen LogP contribution < -0.4 is 9.64 Å². The summed E-state index contributed by atoms with van der Waals surface area (Å²) in [6, 6.07) is 11.6. The van der Waals surface area contributed by atoms with Crippen LogP contribution in [0.4, 0.5) is 5.69 Å². The Morgan fingerprint density at radius 3 is 2.45 bits per heavy atom. The molecule has 31 heavy (non-hydrogen) atoms. The highest BCUT2D eigenvalue weighted by Gasteiger charge is 2.35. The van der Waals surface area contributed by atoms with E-state index in [0.29, 0.717) is 37.4 Å². The molecule has 0 aromatic heterocycles. The number of benzene rings is 2. The quantitative estimate of drug-likeness (QED) is 0.730. The average molecular weight is 441 g/mol. The molecule has 0 spiro atoms. The maximum absolute atomic E-state index is 13.7. The molecule has 0 radical (unpaired) electrons. The van der Waals surface area contributed by atoms with Crippen LogP contribution in [0.2, 0.25) is 0 Å². The molecule has 3 aliphatic rings. The second kappa shape index (κ2) is 7.95. The van der Waals surface area contributed by atoms with Crippen molar-refractivity contribution in [2.45, 2.75) is 49.3 Å². The van der Waals surface area contributed by atoms with Gasteiger partial charge in [0, 0.05) is 26.1 Å². The fraction of sp³-hybridized carbons (Fsp3) is 0.458. The normalized spacial score (nSPS) is 21.6. The minimum atomic E-state index is -3.59. The highest BCUT2D eigenvalue weighted by atomic mass is 32.2. The molecule has 1 fully saturated rings. The van der Waals surface area contributed by atoms with E-state index in [1.165, 1.54) is 0 Å². The fourth-order valence-electron chi connectivity index (χ4n) is 5.20. The van der Waals surface area contributed by atoms with Gasteiger partial charge < -0.3 is 9.64 Å². The lowest BCUT2D eigenvalue weighted by molar-refractivity contribution is -0.118. The predicted molar refractivity (Wildman–Crippen MR) is 119 cm³/mol. The van der Waals surface area contributed by atoms with Crippen molar-refractivity contribution in [3.8, 4) is 5.75 Å². The molecule has 5 rings (SSSR count). The van der Waals surface area contributed by atoms with Gasteiger partial charge in [0.15, 0.2) is 0 Å². The maximum atomic E-state index is 13.7. The summed E-state index contributed by atoms with van der Waals surface area (Å²) in [4.78, 5) is 14.4. The number of aryl methyl sites for hydroxylation is 1. The highest BCUT2D eigenvalue weighted by molar-refractivity contribution is 7.89. The number of rotatable bonds is 4. The predicted octanol–water partition coefficient (Wildman–Crippen LogP) is 3.49. The number of ether oxygens (including phenoxy) is 1. The smallest absolute Gasteiger partial charge is 0.243 e. The summed E-state index contributed by atoms with van der Waals surface area (Å²) in [7, 11) is -1.95. The first kappa shape index (κ1) is 20.5. The van der Waals surface area contributed by atoms with Crippen molar-refractivity contribution in [1.82, 2.24) is 4.31 Å². The molecule has 3 heterocycles. The standard InChI is InChI=1S/C24H28N2O4S/c1-30-21-8-5-17(6-9-21)20-4-2-3-12-25(16-20)31(28,29)22-14-18-7-10-23(27)26-13-11-19(15-22)24(18)26/h5-6,8-9,14-15,20H,2-4,7,10-13,16H2,1H3. The van der Waals surface area contributed by atoms with Gasteiger partial charge in [0.1, 0.15) is 5.75 Å². The first-order valence-electron chi connectivity index (χ1n) is 11.1. The molecule has 0 aliphatic carbocycles. The van der Waals surface area contributed by atoms with Gasteiger partial charge in [-0.05, 0) is 72.6 Å². The molecule has 1 amide bonds. The molecular formula is C24H28N2O4S. The van der Waals surface area contributed by atoms with E-state index in [1.54, 1.807) is 17.5 Å². The van der Waals surface area contributed by atoms with Crippen LogP contribution in [0.1, 0.15) is 48.3 Å². The van der Waals surface area contributed by atoms with Gasteiger partial charge in [-0.25, -0.2) is 8.42 Å². The van der Waals surface area contributed by atoms with Crippen molar-refractivity contribution in [2.75, 3.05) is 31.6 Å². The second-order valence-corrected chi connectivity index (χ2v) is 10.7. The molecule has 3 aliphatic heterocycles. The SMILES string of the molecule is COc1ccc(C2CCCCN(S(=O)(=O)c3cc4c5c(c3)CCN5C(=O)CC4)C2)cc1. The molecule has 2 aromatic carbocycles. The van der Waals surface area contributed by atoms with Crippen LogP contribution in [0.25, 0.3) is 0 Å². The number of carbonyl (C=O) groups excluding carboxylic acids is 1. The number of sulfonamides is 1. The molecule has 2 aromatic rings. The van der Waals surface area contributed by atoms with E-state index >= 15 is 0 Å². The largest absolute Gasteiger partial charge is 0.497 e. The molecular weight excluding hydrogens is 412 g/mol. The Kier molecular flexibility index (Phi) is 5.26. The minimum absolute atomic E-state index is 0.150. The van der Waals surface area contributed by atoms with Crippen LogP contribution in [-0.2, 0) is 27.7 Å². The van der Waals surface area contributed by atoms with Gasteiger partial charge in [0.25, 0.3) is 0 Å². The van der Waals surface area contributed by atoms with Gasteiger partial charge in [-0.3, -0.25) is 4.79 Å². The Labute approximate surface area is 183 Å². The van der Waals surface area contributed by atoms with Gasteiger partial charge in [-0.15, -0.1) is 0 Å². The summed E-state index contributed by atoms with van der Waals surface area (Å²) in [5, 5.41) is 0. The molecule has 6 nitrogen and oxygen atoms in total. The van der Waals surface area contributed by atoms with Crippen molar-refractivity contribution in [3.63, 3.8) is 0 Å². The average Bonchev–Trinajstić information content (AvgIpc) is 3.06. The van der Waals surface area contributed by atoms with Crippen LogP contribution in [-0.4, -0.2) is 45.4 Å². The molecule has 0 bridgehead atoms. The monoisotopic (exact) mass is 440 g/mol. The molecule has 1 saturated heterocycles. The number of hydrogen-bond acceptors (Lipinski definition) is 4. The number of methoxy groups -OCH3 is 1. The van der Waals surface area contributed by atoms with Crippen LogP contribution >= 0.6 is 0 Å². The fourth-order valence-corrected chi connectivity index (χ4v) is 6.82. The van der Waals surface area contributed by atoms with E-state index in [2.05, 4.69) is 0 Å². The summed E-state index contributed by atoms with van der Waals surface area (Å²) in [6.45, 7) is 1.70. The number of anilines is 1.